The van der Waals surface area contributed by atoms with Crippen molar-refractivity contribution in [3.05, 3.63) is 22.4 Å². The van der Waals surface area contributed by atoms with Crippen LogP contribution >= 0.6 is 23.2 Å². The lowest BCUT2D eigenvalue weighted by Crippen LogP contribution is -2.05. The summed E-state index contributed by atoms with van der Waals surface area (Å²) in [5.74, 6) is 0. The van der Waals surface area contributed by atoms with Crippen LogP contribution in [-0.2, 0) is 0 Å². The van der Waals surface area contributed by atoms with Crippen LogP contribution in [0.2, 0.25) is 10.2 Å². The molecule has 0 fully saturated rings. The summed E-state index contributed by atoms with van der Waals surface area (Å²) in [6.45, 7) is 0.496. The highest BCUT2D eigenvalue weighted by molar-refractivity contribution is 6.34. The maximum atomic E-state index is 8.53. The summed E-state index contributed by atoms with van der Waals surface area (Å²) in [5.41, 5.74) is 0.686. The number of hydrogen-bond acceptors (Lipinski definition) is 3. The molecule has 0 saturated carbocycles. The molecule has 0 aromatic carbocycles. The van der Waals surface area contributed by atoms with E-state index in [0.29, 0.717) is 22.4 Å². The summed E-state index contributed by atoms with van der Waals surface area (Å²) < 4.78 is 0. The summed E-state index contributed by atoms with van der Waals surface area (Å²) in [6.07, 6.45) is 1.46. The molecule has 0 aliphatic rings. The number of hydrogen-bond donors (Lipinski definition) is 2. The van der Waals surface area contributed by atoms with E-state index in [-0.39, 0.29) is 6.61 Å². The van der Waals surface area contributed by atoms with Crippen molar-refractivity contribution >= 4 is 28.9 Å². The van der Waals surface area contributed by atoms with E-state index in [1.54, 1.807) is 6.07 Å². The number of nitrogens with zero attached hydrogens (tertiary/aromatic N) is 1. The summed E-state index contributed by atoms with van der Waals surface area (Å²) >= 11 is 11.4. The Balaban J connectivity index is 2.75. The molecule has 1 heterocycles. The van der Waals surface area contributed by atoms with Crippen molar-refractivity contribution < 1.29 is 5.11 Å². The molecule has 0 radical (unpaired) electrons. The van der Waals surface area contributed by atoms with Crippen LogP contribution < -0.4 is 5.32 Å². The van der Waals surface area contributed by atoms with E-state index in [2.05, 4.69) is 10.3 Å². The lowest BCUT2D eigenvalue weighted by molar-refractivity contribution is 0.311. The molecule has 0 aliphatic carbocycles. The molecule has 1 aromatic heterocycles. The smallest absolute Gasteiger partial charge is 0.131 e. The van der Waals surface area contributed by atoms with Crippen molar-refractivity contribution in [2.45, 2.75) is 0 Å². The van der Waals surface area contributed by atoms with Gasteiger partial charge in [0, 0.05) is 18.8 Å². The first-order valence-corrected chi connectivity index (χ1v) is 4.15. The van der Waals surface area contributed by atoms with Gasteiger partial charge in [0.25, 0.3) is 0 Å². The van der Waals surface area contributed by atoms with Crippen molar-refractivity contribution in [3.63, 3.8) is 0 Å². The Bertz CT molecular complexity index is 268. The van der Waals surface area contributed by atoms with Crippen LogP contribution in [0.5, 0.6) is 0 Å². The van der Waals surface area contributed by atoms with Gasteiger partial charge >= 0.3 is 0 Å². The van der Waals surface area contributed by atoms with Gasteiger partial charge in [0.2, 0.25) is 0 Å². The van der Waals surface area contributed by atoms with E-state index < -0.39 is 0 Å². The molecule has 0 amide bonds. The van der Waals surface area contributed by atoms with E-state index in [1.807, 2.05) is 0 Å². The molecule has 2 N–H and O–H groups in total. The average Bonchev–Trinajstić information content (AvgIpc) is 2.07. The minimum Gasteiger partial charge on any atom is -0.395 e. The van der Waals surface area contributed by atoms with E-state index in [9.17, 15) is 0 Å². The number of halogens is 2. The first kappa shape index (κ1) is 9.58. The third kappa shape index (κ3) is 2.52. The summed E-state index contributed by atoms with van der Waals surface area (Å²) in [6, 6.07) is 1.61. The first-order valence-electron chi connectivity index (χ1n) is 3.40. The van der Waals surface area contributed by atoms with E-state index >= 15 is 0 Å². The maximum Gasteiger partial charge on any atom is 0.131 e. The van der Waals surface area contributed by atoms with Crippen LogP contribution in [0, 0.1) is 0 Å². The molecule has 0 atom stereocenters. The Morgan fingerprint density at radius 2 is 2.25 bits per heavy atom. The molecular formula is C7H8Cl2N2O. The Hall–Kier alpha value is -0.510. The number of nitrogens with one attached hydrogen (secondary N) is 1. The fraction of sp³-hybridized carbons (Fsp3) is 0.286. The van der Waals surface area contributed by atoms with Gasteiger partial charge in [-0.1, -0.05) is 23.2 Å². The second-order valence-corrected chi connectivity index (χ2v) is 2.93. The predicted octanol–water partition coefficient (Wildman–Crippen LogP) is 1.79. The van der Waals surface area contributed by atoms with Gasteiger partial charge in [-0.15, -0.1) is 0 Å². The van der Waals surface area contributed by atoms with E-state index in [4.69, 9.17) is 28.3 Å². The summed E-state index contributed by atoms with van der Waals surface area (Å²) in [5, 5.41) is 12.3. The zero-order valence-electron chi connectivity index (χ0n) is 6.22. The van der Waals surface area contributed by atoms with Gasteiger partial charge < -0.3 is 10.4 Å². The molecular weight excluding hydrogens is 199 g/mol. The standard InChI is InChI=1S/C7H8Cl2N2O/c8-5-4-11-7(9)3-6(5)10-1-2-12/h3-4,12H,1-2H2,(H,10,11). The van der Waals surface area contributed by atoms with Crippen LogP contribution in [0.4, 0.5) is 5.69 Å². The zero-order chi connectivity index (χ0) is 8.97. The van der Waals surface area contributed by atoms with Crippen LogP contribution in [-0.4, -0.2) is 23.2 Å². The highest BCUT2D eigenvalue weighted by atomic mass is 35.5. The molecule has 0 saturated heterocycles. The topological polar surface area (TPSA) is 45.1 Å². The van der Waals surface area contributed by atoms with E-state index in [0.717, 1.165) is 0 Å². The first-order chi connectivity index (χ1) is 5.74. The third-order valence-corrected chi connectivity index (χ3v) is 1.76. The fourth-order valence-electron chi connectivity index (χ4n) is 0.739. The second kappa shape index (κ2) is 4.50. The number of anilines is 1. The second-order valence-electron chi connectivity index (χ2n) is 2.14. The Morgan fingerprint density at radius 1 is 1.50 bits per heavy atom. The van der Waals surface area contributed by atoms with Crippen molar-refractivity contribution in [1.29, 1.82) is 0 Å². The van der Waals surface area contributed by atoms with E-state index in [1.165, 1.54) is 6.20 Å². The van der Waals surface area contributed by atoms with Crippen molar-refractivity contribution in [1.82, 2.24) is 4.98 Å². The van der Waals surface area contributed by atoms with Crippen molar-refractivity contribution in [2.24, 2.45) is 0 Å². The van der Waals surface area contributed by atoms with Crippen molar-refractivity contribution in [3.8, 4) is 0 Å². The maximum absolute atomic E-state index is 8.53. The third-order valence-electron chi connectivity index (χ3n) is 1.25. The Morgan fingerprint density at radius 3 is 2.92 bits per heavy atom. The van der Waals surface area contributed by atoms with Gasteiger partial charge in [0.1, 0.15) is 5.15 Å². The zero-order valence-corrected chi connectivity index (χ0v) is 7.73. The molecule has 5 heteroatoms. The molecule has 0 unspecified atom stereocenters. The van der Waals surface area contributed by atoms with Crippen LogP contribution in [0.25, 0.3) is 0 Å². The molecule has 12 heavy (non-hydrogen) atoms. The minimum absolute atomic E-state index is 0.0519. The highest BCUT2D eigenvalue weighted by Gasteiger charge is 2.00. The molecule has 1 rings (SSSR count). The predicted molar refractivity (Wildman–Crippen MR) is 49.8 cm³/mol. The molecule has 3 nitrogen and oxygen atoms in total. The van der Waals surface area contributed by atoms with Crippen molar-refractivity contribution in [2.75, 3.05) is 18.5 Å². The van der Waals surface area contributed by atoms with Crippen LogP contribution in [0.15, 0.2) is 12.3 Å². The lowest BCUT2D eigenvalue weighted by atomic mass is 10.4. The molecule has 66 valence electrons. The number of aromatic nitrogens is 1. The van der Waals surface area contributed by atoms with Gasteiger partial charge in [-0.3, -0.25) is 0 Å². The normalized spacial score (nSPS) is 9.92. The molecule has 1 aromatic rings. The molecule has 0 spiro atoms. The summed E-state index contributed by atoms with van der Waals surface area (Å²) in [4.78, 5) is 3.78. The SMILES string of the molecule is OCCNc1cc(Cl)ncc1Cl. The van der Waals surface area contributed by atoms with Gasteiger partial charge in [0.05, 0.1) is 17.3 Å². The fourth-order valence-corrected chi connectivity index (χ4v) is 1.07. The number of pyridine rings is 1. The van der Waals surface area contributed by atoms with Gasteiger partial charge in [-0.2, -0.15) is 0 Å². The van der Waals surface area contributed by atoms with Gasteiger partial charge in [-0.25, -0.2) is 4.98 Å². The van der Waals surface area contributed by atoms with Crippen LogP contribution in [0.3, 0.4) is 0 Å². The minimum atomic E-state index is 0.0519. The lowest BCUT2D eigenvalue weighted by Gasteiger charge is -2.05. The number of rotatable bonds is 3. The molecule has 0 bridgehead atoms. The highest BCUT2D eigenvalue weighted by Crippen LogP contribution is 2.22. The van der Waals surface area contributed by atoms with Gasteiger partial charge in [0.15, 0.2) is 0 Å². The Kier molecular flexibility index (Phi) is 3.59. The van der Waals surface area contributed by atoms with Gasteiger partial charge in [-0.05, 0) is 0 Å². The average molecular weight is 207 g/mol. The monoisotopic (exact) mass is 206 g/mol. The number of aliphatic hydroxyl groups is 1. The largest absolute Gasteiger partial charge is 0.395 e. The quantitative estimate of drug-likeness (QED) is 0.742. The molecule has 0 aliphatic heterocycles. The summed E-state index contributed by atoms with van der Waals surface area (Å²) in [7, 11) is 0. The number of aliphatic hydroxyl groups excluding tert-OH is 1. The van der Waals surface area contributed by atoms with Crippen LogP contribution in [0.1, 0.15) is 0 Å². The Labute approximate surface area is 80.3 Å².